The molecule has 1 aromatic heterocycles. The fourth-order valence-corrected chi connectivity index (χ4v) is 4.02. The third-order valence-electron chi connectivity index (χ3n) is 2.62. The number of halogens is 3. The molecule has 0 amide bonds. The van der Waals surface area contributed by atoms with Gasteiger partial charge in [0.25, 0.3) is 0 Å². The van der Waals surface area contributed by atoms with Crippen LogP contribution in [0, 0.1) is 0 Å². The molecule has 0 atom stereocenters. The Kier molecular flexibility index (Phi) is 5.60. The molecule has 0 aliphatic heterocycles. The predicted molar refractivity (Wildman–Crippen MR) is 91.6 cm³/mol. The van der Waals surface area contributed by atoms with Crippen LogP contribution in [0.25, 0.3) is 0 Å². The van der Waals surface area contributed by atoms with Crippen molar-refractivity contribution in [2.75, 3.05) is 19.5 Å². The standard InChI is InChI=1S/C13H12Br2ClNO2S/c1-18-11-5-12(19-2)10(4-9(11)16)17-6-7-3-8(14)13(15)20-7/h3-5,17H,6H2,1-2H3. The van der Waals surface area contributed by atoms with Gasteiger partial charge in [0.2, 0.25) is 0 Å². The first kappa shape index (κ1) is 15.9. The van der Waals surface area contributed by atoms with Crippen LogP contribution in [0.5, 0.6) is 11.5 Å². The van der Waals surface area contributed by atoms with Gasteiger partial charge < -0.3 is 14.8 Å². The summed E-state index contributed by atoms with van der Waals surface area (Å²) in [5.41, 5.74) is 0.832. The lowest BCUT2D eigenvalue weighted by molar-refractivity contribution is 0.395. The Morgan fingerprint density at radius 2 is 1.85 bits per heavy atom. The molecule has 0 aliphatic carbocycles. The van der Waals surface area contributed by atoms with E-state index in [0.717, 1.165) is 13.9 Å². The van der Waals surface area contributed by atoms with E-state index in [1.165, 1.54) is 4.88 Å². The van der Waals surface area contributed by atoms with Gasteiger partial charge in [0, 0.05) is 22.0 Å². The molecule has 0 fully saturated rings. The second-order valence-corrected chi connectivity index (χ2v) is 7.59. The van der Waals surface area contributed by atoms with Crippen molar-refractivity contribution < 1.29 is 9.47 Å². The van der Waals surface area contributed by atoms with Crippen LogP contribution in [-0.4, -0.2) is 14.2 Å². The number of hydrogen-bond acceptors (Lipinski definition) is 4. The second kappa shape index (κ2) is 7.02. The minimum absolute atomic E-state index is 0.546. The number of benzene rings is 1. The third kappa shape index (κ3) is 3.61. The SMILES string of the molecule is COc1cc(OC)c(NCc2cc(Br)c(Br)s2)cc1Cl. The van der Waals surface area contributed by atoms with E-state index >= 15 is 0 Å². The van der Waals surface area contributed by atoms with Crippen molar-refractivity contribution in [1.29, 1.82) is 0 Å². The van der Waals surface area contributed by atoms with Crippen molar-refractivity contribution in [3.8, 4) is 11.5 Å². The minimum Gasteiger partial charge on any atom is -0.495 e. The molecule has 2 rings (SSSR count). The zero-order valence-corrected chi connectivity index (χ0v) is 15.5. The van der Waals surface area contributed by atoms with Gasteiger partial charge in [-0.05, 0) is 44.0 Å². The number of ether oxygens (including phenoxy) is 2. The summed E-state index contributed by atoms with van der Waals surface area (Å²) in [6, 6.07) is 5.64. The Morgan fingerprint density at radius 1 is 1.15 bits per heavy atom. The fourth-order valence-electron chi connectivity index (χ4n) is 1.66. The number of thiophene rings is 1. The van der Waals surface area contributed by atoms with Crippen molar-refractivity contribution in [3.63, 3.8) is 0 Å². The molecule has 0 radical (unpaired) electrons. The molecule has 7 heteroatoms. The van der Waals surface area contributed by atoms with Crippen LogP contribution in [0.1, 0.15) is 4.88 Å². The molecule has 0 spiro atoms. The average Bonchev–Trinajstić information content (AvgIpc) is 2.75. The van der Waals surface area contributed by atoms with Crippen molar-refractivity contribution in [2.24, 2.45) is 0 Å². The molecule has 0 saturated carbocycles. The van der Waals surface area contributed by atoms with Gasteiger partial charge in [0.05, 0.1) is 28.7 Å². The van der Waals surface area contributed by atoms with Gasteiger partial charge >= 0.3 is 0 Å². The lowest BCUT2D eigenvalue weighted by Crippen LogP contribution is -2.00. The molecule has 2 aromatic rings. The lowest BCUT2D eigenvalue weighted by atomic mass is 10.2. The molecule has 3 nitrogen and oxygen atoms in total. The van der Waals surface area contributed by atoms with Crippen LogP contribution < -0.4 is 14.8 Å². The Hall–Kier alpha value is -0.430. The monoisotopic (exact) mass is 439 g/mol. The molecular formula is C13H12Br2ClNO2S. The number of anilines is 1. The van der Waals surface area contributed by atoms with Crippen LogP contribution in [0.2, 0.25) is 5.02 Å². The maximum Gasteiger partial charge on any atom is 0.145 e. The highest BCUT2D eigenvalue weighted by molar-refractivity contribution is 9.13. The number of nitrogens with one attached hydrogen (secondary N) is 1. The summed E-state index contributed by atoms with van der Waals surface area (Å²) >= 11 is 14.8. The summed E-state index contributed by atoms with van der Waals surface area (Å²) in [6.07, 6.45) is 0. The van der Waals surface area contributed by atoms with E-state index in [1.54, 1.807) is 37.7 Å². The molecule has 0 aliphatic rings. The first-order valence-electron chi connectivity index (χ1n) is 5.64. The van der Waals surface area contributed by atoms with Gasteiger partial charge in [-0.1, -0.05) is 11.6 Å². The van der Waals surface area contributed by atoms with Gasteiger partial charge in [-0.3, -0.25) is 0 Å². The first-order valence-corrected chi connectivity index (χ1v) is 8.42. The second-order valence-electron chi connectivity index (χ2n) is 3.87. The van der Waals surface area contributed by atoms with E-state index < -0.39 is 0 Å². The Bertz CT molecular complexity index is 599. The molecule has 0 unspecified atom stereocenters. The van der Waals surface area contributed by atoms with Crippen LogP contribution in [0.4, 0.5) is 5.69 Å². The van der Waals surface area contributed by atoms with Crippen LogP contribution in [0.15, 0.2) is 26.5 Å². The number of hydrogen-bond donors (Lipinski definition) is 1. The number of methoxy groups -OCH3 is 2. The average molecular weight is 442 g/mol. The molecule has 1 N–H and O–H groups in total. The maximum absolute atomic E-state index is 6.14. The minimum atomic E-state index is 0.546. The van der Waals surface area contributed by atoms with E-state index in [1.807, 2.05) is 0 Å². The van der Waals surface area contributed by atoms with Gasteiger partial charge in [-0.2, -0.15) is 0 Å². The van der Waals surface area contributed by atoms with Crippen LogP contribution >= 0.6 is 54.8 Å². The smallest absolute Gasteiger partial charge is 0.145 e. The molecule has 0 bridgehead atoms. The Morgan fingerprint density at radius 3 is 2.40 bits per heavy atom. The topological polar surface area (TPSA) is 30.5 Å². The molecule has 20 heavy (non-hydrogen) atoms. The van der Waals surface area contributed by atoms with E-state index in [9.17, 15) is 0 Å². The number of rotatable bonds is 5. The molecule has 108 valence electrons. The van der Waals surface area contributed by atoms with Crippen molar-refractivity contribution >= 4 is 60.5 Å². The predicted octanol–water partition coefficient (Wildman–Crippen LogP) is 5.56. The zero-order chi connectivity index (χ0) is 14.7. The highest BCUT2D eigenvalue weighted by atomic mass is 79.9. The summed E-state index contributed by atoms with van der Waals surface area (Å²) in [4.78, 5) is 1.19. The summed E-state index contributed by atoms with van der Waals surface area (Å²) in [5.74, 6) is 1.29. The Labute approximate surface area is 143 Å². The van der Waals surface area contributed by atoms with E-state index in [2.05, 4.69) is 43.2 Å². The summed E-state index contributed by atoms with van der Waals surface area (Å²) in [6.45, 7) is 0.688. The summed E-state index contributed by atoms with van der Waals surface area (Å²) < 4.78 is 12.7. The maximum atomic E-state index is 6.14. The van der Waals surface area contributed by atoms with Gasteiger partial charge in [0.1, 0.15) is 11.5 Å². The van der Waals surface area contributed by atoms with E-state index in [-0.39, 0.29) is 0 Å². The van der Waals surface area contributed by atoms with Gasteiger partial charge in [-0.25, -0.2) is 0 Å². The van der Waals surface area contributed by atoms with E-state index in [4.69, 9.17) is 21.1 Å². The molecule has 1 heterocycles. The molecular weight excluding hydrogens is 429 g/mol. The van der Waals surface area contributed by atoms with Gasteiger partial charge in [-0.15, -0.1) is 11.3 Å². The van der Waals surface area contributed by atoms with Crippen molar-refractivity contribution in [3.05, 3.63) is 36.4 Å². The molecule has 1 aromatic carbocycles. The fraction of sp³-hybridized carbons (Fsp3) is 0.231. The van der Waals surface area contributed by atoms with Crippen LogP contribution in [-0.2, 0) is 6.54 Å². The zero-order valence-electron chi connectivity index (χ0n) is 10.8. The summed E-state index contributed by atoms with van der Waals surface area (Å²) in [5, 5.41) is 3.86. The lowest BCUT2D eigenvalue weighted by Gasteiger charge is -2.13. The first-order chi connectivity index (χ1) is 9.55. The normalized spacial score (nSPS) is 10.4. The highest BCUT2D eigenvalue weighted by Gasteiger charge is 2.10. The third-order valence-corrected chi connectivity index (χ3v) is 6.17. The largest absolute Gasteiger partial charge is 0.495 e. The van der Waals surface area contributed by atoms with Crippen LogP contribution in [0.3, 0.4) is 0 Å². The van der Waals surface area contributed by atoms with Crippen molar-refractivity contribution in [1.82, 2.24) is 0 Å². The summed E-state index contributed by atoms with van der Waals surface area (Å²) in [7, 11) is 3.20. The Balaban J connectivity index is 2.18. The quantitative estimate of drug-likeness (QED) is 0.659. The van der Waals surface area contributed by atoms with Gasteiger partial charge in [0.15, 0.2) is 0 Å². The highest BCUT2D eigenvalue weighted by Crippen LogP contribution is 2.37. The van der Waals surface area contributed by atoms with E-state index in [0.29, 0.717) is 23.1 Å². The van der Waals surface area contributed by atoms with Crippen molar-refractivity contribution in [2.45, 2.75) is 6.54 Å². The molecule has 0 saturated heterocycles.